The molecular weight excluding hydrogens is 200 g/mol. The highest BCUT2D eigenvalue weighted by atomic mass is 32.2. The third-order valence-corrected chi connectivity index (χ3v) is 5.13. The van der Waals surface area contributed by atoms with Crippen molar-refractivity contribution in [2.75, 3.05) is 0 Å². The Kier molecular flexibility index (Phi) is 3.70. The monoisotopic (exact) mass is 218 g/mol. The third kappa shape index (κ3) is 2.35. The fourth-order valence-corrected chi connectivity index (χ4v) is 3.55. The summed E-state index contributed by atoms with van der Waals surface area (Å²) >= 11 is 0. The van der Waals surface area contributed by atoms with Gasteiger partial charge in [0.2, 0.25) is 0 Å². The molecule has 1 unspecified atom stereocenters. The summed E-state index contributed by atoms with van der Waals surface area (Å²) in [5.41, 5.74) is 0. The van der Waals surface area contributed by atoms with E-state index in [1.165, 1.54) is 6.42 Å². The fourth-order valence-electron chi connectivity index (χ4n) is 1.78. The minimum atomic E-state index is -1.25. The van der Waals surface area contributed by atoms with Crippen LogP contribution in [0.1, 0.15) is 46.0 Å². The molecule has 1 saturated carbocycles. The van der Waals surface area contributed by atoms with Gasteiger partial charge in [0, 0.05) is 16.0 Å². The zero-order valence-corrected chi connectivity index (χ0v) is 9.60. The van der Waals surface area contributed by atoms with Crippen molar-refractivity contribution in [3.05, 3.63) is 0 Å². The molecule has 0 bridgehead atoms. The van der Waals surface area contributed by atoms with Crippen LogP contribution in [0.5, 0.6) is 0 Å². The second-order valence-corrected chi connectivity index (χ2v) is 6.65. The van der Waals surface area contributed by atoms with Crippen molar-refractivity contribution in [3.8, 4) is 0 Å². The van der Waals surface area contributed by atoms with Crippen molar-refractivity contribution in [2.24, 2.45) is 0 Å². The standard InChI is InChI=1S/C10H18O3S/c1-10(2,9(11)12)14(13)8-6-4-3-5-7-8/h8H,3-7H2,1-2H3,(H,11,12). The lowest BCUT2D eigenvalue weighted by atomic mass is 10.0. The van der Waals surface area contributed by atoms with Gasteiger partial charge in [-0.25, -0.2) is 0 Å². The number of carboxylic acids is 1. The Morgan fingerprint density at radius 3 is 2.21 bits per heavy atom. The summed E-state index contributed by atoms with van der Waals surface area (Å²) in [4.78, 5) is 10.9. The van der Waals surface area contributed by atoms with E-state index < -0.39 is 21.5 Å². The molecule has 0 radical (unpaired) electrons. The van der Waals surface area contributed by atoms with E-state index in [4.69, 9.17) is 5.11 Å². The van der Waals surface area contributed by atoms with Gasteiger partial charge < -0.3 is 5.11 Å². The van der Waals surface area contributed by atoms with Crippen LogP contribution in [0.25, 0.3) is 0 Å². The van der Waals surface area contributed by atoms with E-state index in [1.807, 2.05) is 0 Å². The van der Waals surface area contributed by atoms with E-state index in [2.05, 4.69) is 0 Å². The van der Waals surface area contributed by atoms with Gasteiger partial charge >= 0.3 is 5.97 Å². The lowest BCUT2D eigenvalue weighted by Gasteiger charge is -2.28. The van der Waals surface area contributed by atoms with Gasteiger partial charge in [0.15, 0.2) is 0 Å². The van der Waals surface area contributed by atoms with Crippen LogP contribution < -0.4 is 0 Å². The van der Waals surface area contributed by atoms with E-state index in [0.29, 0.717) is 0 Å². The second-order valence-electron chi connectivity index (χ2n) is 4.37. The summed E-state index contributed by atoms with van der Waals surface area (Å²) in [7, 11) is -1.25. The summed E-state index contributed by atoms with van der Waals surface area (Å²) in [6.07, 6.45) is 5.21. The molecule has 4 heteroatoms. The minimum Gasteiger partial charge on any atom is -0.480 e. The van der Waals surface area contributed by atoms with Crippen LogP contribution >= 0.6 is 0 Å². The molecule has 0 aliphatic heterocycles. The Balaban J connectivity index is 2.67. The van der Waals surface area contributed by atoms with Gasteiger partial charge in [0.25, 0.3) is 0 Å². The van der Waals surface area contributed by atoms with Gasteiger partial charge in [-0.1, -0.05) is 19.3 Å². The molecule has 1 atom stereocenters. The molecule has 1 N–H and O–H groups in total. The lowest BCUT2D eigenvalue weighted by Crippen LogP contribution is -2.42. The number of carbonyl (C=O) groups is 1. The van der Waals surface area contributed by atoms with Gasteiger partial charge in [-0.15, -0.1) is 0 Å². The lowest BCUT2D eigenvalue weighted by molar-refractivity contribution is -0.139. The van der Waals surface area contributed by atoms with Crippen molar-refractivity contribution in [1.82, 2.24) is 0 Å². The molecule has 0 aromatic rings. The van der Waals surface area contributed by atoms with Crippen LogP contribution in [0.3, 0.4) is 0 Å². The molecule has 0 heterocycles. The van der Waals surface area contributed by atoms with Crippen molar-refractivity contribution in [3.63, 3.8) is 0 Å². The summed E-state index contributed by atoms with van der Waals surface area (Å²) < 4.78 is 10.9. The highest BCUT2D eigenvalue weighted by Gasteiger charge is 2.38. The average molecular weight is 218 g/mol. The van der Waals surface area contributed by atoms with Gasteiger partial charge in [-0.05, 0) is 26.7 Å². The van der Waals surface area contributed by atoms with Gasteiger partial charge in [0.05, 0.1) is 0 Å². The van der Waals surface area contributed by atoms with E-state index in [1.54, 1.807) is 13.8 Å². The van der Waals surface area contributed by atoms with E-state index in [-0.39, 0.29) is 5.25 Å². The van der Waals surface area contributed by atoms with Crippen LogP contribution in [0.4, 0.5) is 0 Å². The van der Waals surface area contributed by atoms with Crippen molar-refractivity contribution < 1.29 is 14.1 Å². The number of aliphatic carboxylic acids is 1. The second kappa shape index (κ2) is 4.43. The molecule has 0 saturated heterocycles. The molecule has 3 nitrogen and oxygen atoms in total. The number of hydrogen-bond acceptors (Lipinski definition) is 2. The highest BCUT2D eigenvalue weighted by molar-refractivity contribution is 7.87. The summed E-state index contributed by atoms with van der Waals surface area (Å²) in [5.74, 6) is -0.957. The molecule has 0 amide bonds. The molecule has 1 fully saturated rings. The molecule has 1 aliphatic rings. The van der Waals surface area contributed by atoms with E-state index >= 15 is 0 Å². The maximum Gasteiger partial charge on any atom is 0.321 e. The molecule has 82 valence electrons. The summed E-state index contributed by atoms with van der Waals surface area (Å²) in [6, 6.07) is 0. The number of rotatable bonds is 3. The fraction of sp³-hybridized carbons (Fsp3) is 0.900. The molecule has 0 spiro atoms. The zero-order valence-electron chi connectivity index (χ0n) is 8.78. The summed E-state index contributed by atoms with van der Waals surface area (Å²) in [6.45, 7) is 3.11. The Labute approximate surface area is 87.3 Å². The normalized spacial score (nSPS) is 21.9. The SMILES string of the molecule is CC(C)(C(=O)O)S(=O)C1CCCCC1. The maximum atomic E-state index is 12.0. The third-order valence-electron chi connectivity index (χ3n) is 2.87. The average Bonchev–Trinajstić information content (AvgIpc) is 2.17. The van der Waals surface area contributed by atoms with Crippen molar-refractivity contribution in [1.29, 1.82) is 0 Å². The highest BCUT2D eigenvalue weighted by Crippen LogP contribution is 2.28. The Bertz CT molecular complexity index is 242. The van der Waals surface area contributed by atoms with Crippen molar-refractivity contribution in [2.45, 2.75) is 55.9 Å². The first-order valence-corrected chi connectivity index (χ1v) is 6.31. The largest absolute Gasteiger partial charge is 0.480 e. The van der Waals surface area contributed by atoms with Gasteiger partial charge in [-0.3, -0.25) is 9.00 Å². The predicted octanol–water partition coefficient (Wildman–Crippen LogP) is 1.93. The van der Waals surface area contributed by atoms with E-state index in [0.717, 1.165) is 25.7 Å². The van der Waals surface area contributed by atoms with Gasteiger partial charge in [-0.2, -0.15) is 0 Å². The minimum absolute atomic E-state index is 0.0925. The molecule has 1 aliphatic carbocycles. The number of hydrogen-bond donors (Lipinski definition) is 1. The van der Waals surface area contributed by atoms with Gasteiger partial charge in [0.1, 0.15) is 4.75 Å². The molecule has 0 aromatic heterocycles. The molecule has 1 rings (SSSR count). The van der Waals surface area contributed by atoms with Crippen LogP contribution in [-0.4, -0.2) is 25.3 Å². The van der Waals surface area contributed by atoms with Crippen LogP contribution in [0.2, 0.25) is 0 Å². The Morgan fingerprint density at radius 2 is 1.79 bits per heavy atom. The molecule has 0 aromatic carbocycles. The van der Waals surface area contributed by atoms with Crippen LogP contribution in [0.15, 0.2) is 0 Å². The first-order valence-electron chi connectivity index (χ1n) is 5.10. The quantitative estimate of drug-likeness (QED) is 0.787. The van der Waals surface area contributed by atoms with Crippen LogP contribution in [-0.2, 0) is 15.6 Å². The topological polar surface area (TPSA) is 54.4 Å². The Hall–Kier alpha value is -0.380. The van der Waals surface area contributed by atoms with E-state index in [9.17, 15) is 9.00 Å². The predicted molar refractivity (Wildman–Crippen MR) is 56.7 cm³/mol. The maximum absolute atomic E-state index is 12.0. The van der Waals surface area contributed by atoms with Crippen molar-refractivity contribution >= 4 is 16.8 Å². The zero-order chi connectivity index (χ0) is 10.8. The Morgan fingerprint density at radius 1 is 1.29 bits per heavy atom. The van der Waals surface area contributed by atoms with Crippen LogP contribution in [0, 0.1) is 0 Å². The summed E-state index contributed by atoms with van der Waals surface area (Å²) in [5, 5.41) is 9.04. The smallest absolute Gasteiger partial charge is 0.321 e. The number of carboxylic acid groups (broad SMARTS) is 1. The molecular formula is C10H18O3S. The first kappa shape index (κ1) is 11.7. The molecule has 14 heavy (non-hydrogen) atoms. The first-order chi connectivity index (χ1) is 6.46.